The van der Waals surface area contributed by atoms with Crippen LogP contribution in [0.3, 0.4) is 0 Å². The summed E-state index contributed by atoms with van der Waals surface area (Å²) in [6, 6.07) is 6.69. The van der Waals surface area contributed by atoms with E-state index in [1.165, 1.54) is 37.8 Å². The van der Waals surface area contributed by atoms with Crippen LogP contribution < -0.4 is 5.32 Å². The Kier molecular flexibility index (Phi) is 5.42. The zero-order valence-corrected chi connectivity index (χ0v) is 15.0. The maximum absolute atomic E-state index is 6.04. The van der Waals surface area contributed by atoms with Gasteiger partial charge in [-0.05, 0) is 71.1 Å². The van der Waals surface area contributed by atoms with E-state index in [1.807, 2.05) is 6.07 Å². The van der Waals surface area contributed by atoms with Crippen LogP contribution in [-0.4, -0.2) is 6.04 Å². The number of nitrogens with one attached hydrogen (secondary N) is 1. The van der Waals surface area contributed by atoms with E-state index in [4.69, 9.17) is 11.6 Å². The maximum atomic E-state index is 6.04. The molecule has 0 bridgehead atoms. The number of anilines is 1. The lowest BCUT2D eigenvalue weighted by molar-refractivity contribution is 0.214. The van der Waals surface area contributed by atoms with Crippen LogP contribution in [0.25, 0.3) is 0 Å². The Morgan fingerprint density at radius 2 is 1.90 bits per heavy atom. The van der Waals surface area contributed by atoms with Crippen LogP contribution in [0.2, 0.25) is 5.02 Å². The molecule has 0 aromatic heterocycles. The maximum Gasteiger partial charge on any atom is 0.0549 e. The van der Waals surface area contributed by atoms with Gasteiger partial charge in [-0.1, -0.05) is 38.8 Å². The van der Waals surface area contributed by atoms with Crippen LogP contribution in [-0.2, 0) is 0 Å². The third kappa shape index (κ3) is 4.39. The third-order valence-electron chi connectivity index (χ3n) is 4.48. The first-order chi connectivity index (χ1) is 9.36. The lowest BCUT2D eigenvalue weighted by atomic mass is 9.76. The van der Waals surface area contributed by atoms with Crippen molar-refractivity contribution in [3.8, 4) is 0 Å². The summed E-state index contributed by atoms with van der Waals surface area (Å²) in [6.07, 6.45) is 6.56. The van der Waals surface area contributed by atoms with Crippen molar-refractivity contribution in [3.05, 3.63) is 27.7 Å². The lowest BCUT2D eigenvalue weighted by Gasteiger charge is -2.29. The van der Waals surface area contributed by atoms with Gasteiger partial charge in [0.2, 0.25) is 0 Å². The molecule has 0 aliphatic heterocycles. The second-order valence-corrected chi connectivity index (χ2v) is 8.30. The zero-order chi connectivity index (χ0) is 14.8. The first kappa shape index (κ1) is 16.2. The van der Waals surface area contributed by atoms with Crippen LogP contribution in [0.15, 0.2) is 22.7 Å². The van der Waals surface area contributed by atoms with Gasteiger partial charge in [0.05, 0.1) is 5.02 Å². The molecule has 0 heterocycles. The molecular weight excluding hydrogens is 334 g/mol. The average Bonchev–Trinajstić information content (AvgIpc) is 2.59. The minimum absolute atomic E-state index is 0.443. The summed E-state index contributed by atoms with van der Waals surface area (Å²) in [5.41, 5.74) is 1.61. The quantitative estimate of drug-likeness (QED) is 0.594. The number of benzene rings is 1. The lowest BCUT2D eigenvalue weighted by Crippen LogP contribution is -2.21. The monoisotopic (exact) mass is 357 g/mol. The van der Waals surface area contributed by atoms with E-state index in [9.17, 15) is 0 Å². The summed E-state index contributed by atoms with van der Waals surface area (Å²) in [5.74, 6) is 0.853. The fraction of sp³-hybridized carbons (Fsp3) is 0.647. The van der Waals surface area contributed by atoms with Crippen molar-refractivity contribution in [3.63, 3.8) is 0 Å². The van der Waals surface area contributed by atoms with Crippen molar-refractivity contribution in [1.29, 1.82) is 0 Å². The minimum atomic E-state index is 0.443. The molecule has 20 heavy (non-hydrogen) atoms. The molecule has 112 valence electrons. The van der Waals surface area contributed by atoms with E-state index >= 15 is 0 Å². The highest BCUT2D eigenvalue weighted by atomic mass is 79.9. The molecule has 0 saturated heterocycles. The van der Waals surface area contributed by atoms with Crippen molar-refractivity contribution in [1.82, 2.24) is 0 Å². The third-order valence-corrected chi connectivity index (χ3v) is 5.70. The molecule has 1 aliphatic carbocycles. The molecule has 0 spiro atoms. The summed E-state index contributed by atoms with van der Waals surface area (Å²) >= 11 is 9.53. The van der Waals surface area contributed by atoms with Gasteiger partial charge in [-0.2, -0.15) is 0 Å². The Morgan fingerprint density at radius 3 is 2.55 bits per heavy atom. The molecule has 2 atom stereocenters. The smallest absolute Gasteiger partial charge is 0.0549 e. The minimum Gasteiger partial charge on any atom is -0.382 e. The topological polar surface area (TPSA) is 12.0 Å². The van der Waals surface area contributed by atoms with E-state index in [1.54, 1.807) is 0 Å². The average molecular weight is 359 g/mol. The highest BCUT2D eigenvalue weighted by molar-refractivity contribution is 9.10. The normalized spacial score (nSPS) is 24.2. The standard InChI is InChI=1S/C17H25BrClN/c1-17(2,3)12-5-4-6-13(8-7-12)20-14-9-10-16(19)15(18)11-14/h9-13,20H,4-8H2,1-3H3. The molecule has 1 fully saturated rings. The van der Waals surface area contributed by atoms with Gasteiger partial charge in [0, 0.05) is 16.2 Å². The molecule has 2 unspecified atom stereocenters. The van der Waals surface area contributed by atoms with Crippen LogP contribution in [0, 0.1) is 11.3 Å². The van der Waals surface area contributed by atoms with Gasteiger partial charge in [0.15, 0.2) is 0 Å². The predicted octanol–water partition coefficient (Wildman–Crippen LogP) is 6.51. The molecule has 1 aromatic carbocycles. The van der Waals surface area contributed by atoms with Gasteiger partial charge in [-0.3, -0.25) is 0 Å². The number of hydrogen-bond donors (Lipinski definition) is 1. The first-order valence-corrected chi connectivity index (χ1v) is 8.75. The van der Waals surface area contributed by atoms with Crippen molar-refractivity contribution < 1.29 is 0 Å². The number of halogens is 2. The zero-order valence-electron chi connectivity index (χ0n) is 12.7. The highest BCUT2D eigenvalue weighted by Crippen LogP contribution is 2.37. The molecular formula is C17H25BrClN. The molecule has 1 aromatic rings. The van der Waals surface area contributed by atoms with Crippen molar-refractivity contribution in [2.24, 2.45) is 11.3 Å². The van der Waals surface area contributed by atoms with E-state index in [0.717, 1.165) is 15.4 Å². The Hall–Kier alpha value is -0.210. The van der Waals surface area contributed by atoms with Crippen molar-refractivity contribution in [2.45, 2.75) is 58.9 Å². The summed E-state index contributed by atoms with van der Waals surface area (Å²) in [4.78, 5) is 0. The SMILES string of the molecule is CC(C)(C)C1CCCC(Nc2ccc(Cl)c(Br)c2)CC1. The van der Waals surface area contributed by atoms with Gasteiger partial charge in [-0.25, -0.2) is 0 Å². The molecule has 1 N–H and O–H groups in total. The summed E-state index contributed by atoms with van der Waals surface area (Å²) in [7, 11) is 0. The van der Waals surface area contributed by atoms with Gasteiger partial charge in [0.25, 0.3) is 0 Å². The summed E-state index contributed by atoms with van der Waals surface area (Å²) in [6.45, 7) is 7.13. The molecule has 1 nitrogen and oxygen atoms in total. The molecule has 0 radical (unpaired) electrons. The fourth-order valence-electron chi connectivity index (χ4n) is 3.13. The predicted molar refractivity (Wildman–Crippen MR) is 92.6 cm³/mol. The van der Waals surface area contributed by atoms with Gasteiger partial charge >= 0.3 is 0 Å². The number of hydrogen-bond acceptors (Lipinski definition) is 1. The van der Waals surface area contributed by atoms with E-state index in [-0.39, 0.29) is 0 Å². The van der Waals surface area contributed by atoms with E-state index < -0.39 is 0 Å². The second kappa shape index (κ2) is 6.70. The van der Waals surface area contributed by atoms with Gasteiger partial charge in [0.1, 0.15) is 0 Å². The second-order valence-electron chi connectivity index (χ2n) is 7.04. The van der Waals surface area contributed by atoms with Crippen LogP contribution in [0.4, 0.5) is 5.69 Å². The first-order valence-electron chi connectivity index (χ1n) is 7.58. The molecule has 2 rings (SSSR count). The Balaban J connectivity index is 1.95. The Morgan fingerprint density at radius 1 is 1.15 bits per heavy atom. The highest BCUT2D eigenvalue weighted by Gasteiger charge is 2.27. The summed E-state index contributed by atoms with van der Waals surface area (Å²) in [5, 5.41) is 4.44. The van der Waals surface area contributed by atoms with Crippen molar-refractivity contribution in [2.75, 3.05) is 5.32 Å². The molecule has 1 saturated carbocycles. The van der Waals surface area contributed by atoms with Gasteiger partial charge < -0.3 is 5.32 Å². The van der Waals surface area contributed by atoms with E-state index in [0.29, 0.717) is 11.5 Å². The Labute approximate surface area is 136 Å². The van der Waals surface area contributed by atoms with Crippen LogP contribution in [0.1, 0.15) is 52.9 Å². The fourth-order valence-corrected chi connectivity index (χ4v) is 3.63. The van der Waals surface area contributed by atoms with Gasteiger partial charge in [-0.15, -0.1) is 0 Å². The largest absolute Gasteiger partial charge is 0.382 e. The van der Waals surface area contributed by atoms with Crippen LogP contribution >= 0.6 is 27.5 Å². The van der Waals surface area contributed by atoms with Crippen LogP contribution in [0.5, 0.6) is 0 Å². The van der Waals surface area contributed by atoms with E-state index in [2.05, 4.69) is 54.2 Å². The molecule has 3 heteroatoms. The summed E-state index contributed by atoms with van der Waals surface area (Å²) < 4.78 is 0.963. The molecule has 1 aliphatic rings. The number of rotatable bonds is 2. The van der Waals surface area contributed by atoms with Crippen molar-refractivity contribution >= 4 is 33.2 Å². The molecule has 0 amide bonds. The Bertz CT molecular complexity index is 453.